The number of para-hydroxylation sites is 1. The minimum atomic E-state index is -0.0311. The lowest BCUT2D eigenvalue weighted by molar-refractivity contribution is 0.0791. The Labute approximate surface area is 181 Å². The molecule has 0 fully saturated rings. The van der Waals surface area contributed by atoms with Gasteiger partial charge in [-0.3, -0.25) is 4.79 Å². The highest BCUT2D eigenvalue weighted by Gasteiger charge is 2.20. The van der Waals surface area contributed by atoms with E-state index in [4.69, 9.17) is 14.2 Å². The highest BCUT2D eigenvalue weighted by atomic mass is 32.1. The van der Waals surface area contributed by atoms with Gasteiger partial charge in [0, 0.05) is 19.2 Å². The molecule has 1 aromatic heterocycles. The maximum absolute atomic E-state index is 12.9. The second kappa shape index (κ2) is 10.1. The number of carbonyl (C=O) groups is 1. The Balaban J connectivity index is 1.63. The molecule has 0 aliphatic heterocycles. The number of benzene rings is 2. The largest absolute Gasteiger partial charge is 0.494 e. The molecule has 0 atom stereocenters. The molecule has 3 rings (SSSR count). The summed E-state index contributed by atoms with van der Waals surface area (Å²) < 4.78 is 16.4. The molecule has 2 aromatic carbocycles. The average Bonchev–Trinajstić information content (AvgIpc) is 3.17. The minimum Gasteiger partial charge on any atom is -0.494 e. The second-order valence-corrected chi connectivity index (χ2v) is 7.74. The van der Waals surface area contributed by atoms with Crippen molar-refractivity contribution >= 4 is 17.2 Å². The monoisotopic (exact) mass is 426 g/mol. The number of rotatable bonds is 9. The molecule has 0 aliphatic carbocycles. The normalized spacial score (nSPS) is 10.5. The average molecular weight is 427 g/mol. The van der Waals surface area contributed by atoms with Crippen molar-refractivity contribution in [1.82, 2.24) is 9.88 Å². The van der Waals surface area contributed by atoms with Gasteiger partial charge in [-0.15, -0.1) is 11.3 Å². The van der Waals surface area contributed by atoms with E-state index in [2.05, 4.69) is 4.98 Å². The van der Waals surface area contributed by atoms with Gasteiger partial charge in [-0.1, -0.05) is 18.2 Å². The second-order valence-electron chi connectivity index (χ2n) is 6.75. The molecule has 0 unspecified atom stereocenters. The smallest absolute Gasteiger partial charge is 0.265 e. The van der Waals surface area contributed by atoms with E-state index in [0.717, 1.165) is 28.4 Å². The van der Waals surface area contributed by atoms with Gasteiger partial charge in [-0.05, 0) is 43.7 Å². The minimum absolute atomic E-state index is 0.0311. The fourth-order valence-corrected chi connectivity index (χ4v) is 4.03. The van der Waals surface area contributed by atoms with Crippen LogP contribution in [-0.2, 0) is 0 Å². The Hall–Kier alpha value is -3.06. The van der Waals surface area contributed by atoms with Crippen LogP contribution in [0.2, 0.25) is 0 Å². The lowest BCUT2D eigenvalue weighted by atomic mass is 10.2. The van der Waals surface area contributed by atoms with Crippen LogP contribution in [0.1, 0.15) is 21.8 Å². The zero-order chi connectivity index (χ0) is 21.5. The van der Waals surface area contributed by atoms with Crippen molar-refractivity contribution in [2.24, 2.45) is 0 Å². The molecule has 0 aliphatic rings. The maximum Gasteiger partial charge on any atom is 0.265 e. The van der Waals surface area contributed by atoms with E-state index in [0.29, 0.717) is 29.5 Å². The van der Waals surface area contributed by atoms with Gasteiger partial charge in [0.25, 0.3) is 5.91 Å². The Morgan fingerprint density at radius 1 is 1.07 bits per heavy atom. The first-order valence-electron chi connectivity index (χ1n) is 9.66. The number of thiazole rings is 1. The molecule has 30 heavy (non-hydrogen) atoms. The van der Waals surface area contributed by atoms with E-state index in [1.165, 1.54) is 11.3 Å². The zero-order valence-electron chi connectivity index (χ0n) is 17.7. The van der Waals surface area contributed by atoms with Gasteiger partial charge in [0.1, 0.15) is 15.6 Å². The highest BCUT2D eigenvalue weighted by molar-refractivity contribution is 7.17. The lowest BCUT2D eigenvalue weighted by Gasteiger charge is -2.16. The van der Waals surface area contributed by atoms with Gasteiger partial charge in [0.05, 0.1) is 26.5 Å². The summed E-state index contributed by atoms with van der Waals surface area (Å²) in [5.74, 6) is 2.09. The Morgan fingerprint density at radius 2 is 1.80 bits per heavy atom. The predicted octanol–water partition coefficient (Wildman–Crippen LogP) is 4.68. The van der Waals surface area contributed by atoms with Crippen LogP contribution in [0.25, 0.3) is 10.6 Å². The molecule has 1 heterocycles. The molecule has 0 saturated carbocycles. The van der Waals surface area contributed by atoms with Gasteiger partial charge < -0.3 is 19.1 Å². The van der Waals surface area contributed by atoms with Crippen LogP contribution in [0.4, 0.5) is 0 Å². The summed E-state index contributed by atoms with van der Waals surface area (Å²) in [6, 6.07) is 15.3. The van der Waals surface area contributed by atoms with Gasteiger partial charge in [0.2, 0.25) is 0 Å². The summed E-state index contributed by atoms with van der Waals surface area (Å²) in [5, 5.41) is 0.776. The molecule has 0 spiro atoms. The van der Waals surface area contributed by atoms with Crippen molar-refractivity contribution < 1.29 is 19.0 Å². The molecule has 6 nitrogen and oxygen atoms in total. The first kappa shape index (κ1) is 21.6. The fraction of sp³-hybridized carbons (Fsp3) is 0.304. The Bertz CT molecular complexity index is 988. The molecular formula is C23H26N2O4S. The third-order valence-electron chi connectivity index (χ3n) is 4.62. The Morgan fingerprint density at radius 3 is 2.50 bits per heavy atom. The van der Waals surface area contributed by atoms with Gasteiger partial charge in [-0.25, -0.2) is 4.98 Å². The van der Waals surface area contributed by atoms with Gasteiger partial charge >= 0.3 is 0 Å². The molecule has 0 saturated heterocycles. The number of carbonyl (C=O) groups excluding carboxylic acids is 1. The quantitative estimate of drug-likeness (QED) is 0.465. The third-order valence-corrected chi connectivity index (χ3v) is 5.81. The van der Waals surface area contributed by atoms with Crippen molar-refractivity contribution in [1.29, 1.82) is 0 Å². The standard InChI is InChI=1S/C23H26N2O4S/c1-16-21(23(26)25(2)13-8-14-29-18-9-6-5-7-10-18)30-22(24-16)17-11-12-19(27-3)20(15-17)28-4/h5-7,9-12,15H,8,13-14H2,1-4H3. The number of aromatic nitrogens is 1. The summed E-state index contributed by atoms with van der Waals surface area (Å²) in [5.41, 5.74) is 1.61. The van der Waals surface area contributed by atoms with E-state index in [-0.39, 0.29) is 5.91 Å². The van der Waals surface area contributed by atoms with Crippen LogP contribution in [-0.4, -0.2) is 50.2 Å². The number of hydrogen-bond donors (Lipinski definition) is 0. The number of hydrogen-bond acceptors (Lipinski definition) is 6. The van der Waals surface area contributed by atoms with E-state index in [1.807, 2.05) is 55.5 Å². The topological polar surface area (TPSA) is 60.9 Å². The summed E-state index contributed by atoms with van der Waals surface area (Å²) in [6.07, 6.45) is 0.748. The summed E-state index contributed by atoms with van der Waals surface area (Å²) >= 11 is 1.39. The third kappa shape index (κ3) is 5.10. The maximum atomic E-state index is 12.9. The van der Waals surface area contributed by atoms with Crippen molar-refractivity contribution in [2.45, 2.75) is 13.3 Å². The van der Waals surface area contributed by atoms with Crippen molar-refractivity contribution in [3.8, 4) is 27.8 Å². The van der Waals surface area contributed by atoms with Crippen LogP contribution >= 0.6 is 11.3 Å². The van der Waals surface area contributed by atoms with Crippen LogP contribution in [0.15, 0.2) is 48.5 Å². The number of nitrogens with zero attached hydrogens (tertiary/aromatic N) is 2. The van der Waals surface area contributed by atoms with Gasteiger partial charge in [-0.2, -0.15) is 0 Å². The number of ether oxygens (including phenoxy) is 3. The molecule has 7 heteroatoms. The van der Waals surface area contributed by atoms with E-state index in [9.17, 15) is 4.79 Å². The lowest BCUT2D eigenvalue weighted by Crippen LogP contribution is -2.28. The van der Waals surface area contributed by atoms with Crippen LogP contribution in [0.3, 0.4) is 0 Å². The SMILES string of the molecule is COc1ccc(-c2nc(C)c(C(=O)N(C)CCCOc3ccccc3)s2)cc1OC. The Kier molecular flexibility index (Phi) is 7.30. The highest BCUT2D eigenvalue weighted by Crippen LogP contribution is 2.35. The molecule has 1 amide bonds. The van der Waals surface area contributed by atoms with Crippen LogP contribution in [0, 0.1) is 6.92 Å². The van der Waals surface area contributed by atoms with Gasteiger partial charge in [0.15, 0.2) is 11.5 Å². The fourth-order valence-electron chi connectivity index (χ4n) is 2.97. The molecular weight excluding hydrogens is 400 g/mol. The predicted molar refractivity (Wildman–Crippen MR) is 119 cm³/mol. The molecule has 0 radical (unpaired) electrons. The molecule has 0 N–H and O–H groups in total. The van der Waals surface area contributed by atoms with Crippen molar-refractivity contribution in [3.05, 3.63) is 59.1 Å². The number of amides is 1. The summed E-state index contributed by atoms with van der Waals surface area (Å²) in [6.45, 7) is 3.02. The first-order chi connectivity index (χ1) is 14.5. The van der Waals surface area contributed by atoms with Crippen molar-refractivity contribution in [3.63, 3.8) is 0 Å². The number of methoxy groups -OCH3 is 2. The molecule has 3 aromatic rings. The van der Waals surface area contributed by atoms with Crippen LogP contribution in [0.5, 0.6) is 17.2 Å². The summed E-state index contributed by atoms with van der Waals surface area (Å²) in [4.78, 5) is 19.9. The first-order valence-corrected chi connectivity index (χ1v) is 10.5. The van der Waals surface area contributed by atoms with E-state index < -0.39 is 0 Å². The van der Waals surface area contributed by atoms with E-state index >= 15 is 0 Å². The zero-order valence-corrected chi connectivity index (χ0v) is 18.5. The summed E-state index contributed by atoms with van der Waals surface area (Å²) in [7, 11) is 5.00. The van der Waals surface area contributed by atoms with E-state index in [1.54, 1.807) is 26.2 Å². The van der Waals surface area contributed by atoms with Crippen molar-refractivity contribution in [2.75, 3.05) is 34.4 Å². The molecule has 158 valence electrons. The molecule has 0 bridgehead atoms. The van der Waals surface area contributed by atoms with Crippen LogP contribution < -0.4 is 14.2 Å². The number of aryl methyl sites for hydroxylation is 1.